The lowest BCUT2D eigenvalue weighted by Crippen LogP contribution is -2.79. The summed E-state index contributed by atoms with van der Waals surface area (Å²) in [6.07, 6.45) is 0.199. The van der Waals surface area contributed by atoms with Gasteiger partial charge in [0.05, 0.1) is 28.2 Å². The van der Waals surface area contributed by atoms with Crippen molar-refractivity contribution in [2.24, 2.45) is 0 Å². The predicted molar refractivity (Wildman–Crippen MR) is 142 cm³/mol. The molecule has 2 aliphatic heterocycles. The second-order valence-electron chi connectivity index (χ2n) is 12.9. The van der Waals surface area contributed by atoms with Crippen LogP contribution >= 0.6 is 0 Å². The topological polar surface area (TPSA) is 76.1 Å². The van der Waals surface area contributed by atoms with Crippen molar-refractivity contribution in [3.63, 3.8) is 0 Å². The summed E-state index contributed by atoms with van der Waals surface area (Å²) in [4.78, 5) is 43.1. The van der Waals surface area contributed by atoms with E-state index in [2.05, 4.69) is 39.3 Å². The average molecular weight is 519 g/mol. The molecular formula is C26H42N2O5Si2. The Labute approximate surface area is 212 Å². The maximum atomic E-state index is 13.9. The van der Waals surface area contributed by atoms with Crippen LogP contribution in [-0.2, 0) is 19.1 Å². The largest absolute Gasteiger partial charge is 0.460 e. The Morgan fingerprint density at radius 1 is 1.06 bits per heavy atom. The molecule has 0 aromatic heterocycles. The lowest BCUT2D eigenvalue weighted by Gasteiger charge is -2.59. The summed E-state index contributed by atoms with van der Waals surface area (Å²) in [5, 5.41) is 0.191. The number of cyclic esters (lactones) is 1. The van der Waals surface area contributed by atoms with Crippen molar-refractivity contribution >= 4 is 34.1 Å². The Morgan fingerprint density at radius 2 is 1.63 bits per heavy atom. The molecule has 0 bridgehead atoms. The van der Waals surface area contributed by atoms with E-state index < -0.39 is 33.9 Å². The molecule has 0 radical (unpaired) electrons. The van der Waals surface area contributed by atoms with Gasteiger partial charge in [-0.15, -0.1) is 0 Å². The standard InChI is InChI=1S/C26H42N2O5Si2/c1-26(2,3)33-21(29)16-15-19-22(23(30)28(19)25(34(4,5)6)35(7,8)9)27-20(17-32-24(27)31)18-13-11-10-12-14-18/h10-14,19-20,22,25H,15-17H2,1-9H3/t19-,20-,22+/m1/s1. The fraction of sp³-hybridized carbons (Fsp3) is 0.654. The van der Waals surface area contributed by atoms with Gasteiger partial charge in [-0.3, -0.25) is 14.5 Å². The first-order valence-corrected chi connectivity index (χ1v) is 19.7. The van der Waals surface area contributed by atoms with Gasteiger partial charge in [0.25, 0.3) is 0 Å². The Bertz CT molecular complexity index is 935. The third-order valence-electron chi connectivity index (χ3n) is 6.61. The van der Waals surface area contributed by atoms with Crippen molar-refractivity contribution in [1.29, 1.82) is 0 Å². The molecule has 2 saturated heterocycles. The Balaban J connectivity index is 1.95. The van der Waals surface area contributed by atoms with Crippen LogP contribution in [0.3, 0.4) is 0 Å². The fourth-order valence-electron chi connectivity index (χ4n) is 5.93. The van der Waals surface area contributed by atoms with Crippen molar-refractivity contribution in [3.05, 3.63) is 35.9 Å². The predicted octanol–water partition coefficient (Wildman–Crippen LogP) is 5.00. The zero-order chi connectivity index (χ0) is 26.3. The first kappa shape index (κ1) is 27.5. The van der Waals surface area contributed by atoms with Crippen molar-refractivity contribution < 1.29 is 23.9 Å². The SMILES string of the molecule is CC(C)(C)OC(=O)CC[C@@H]1[C@H](N2C(=O)OC[C@@H]2c2ccccc2)C(=O)N1C([Si](C)(C)C)[Si](C)(C)C. The van der Waals surface area contributed by atoms with E-state index in [4.69, 9.17) is 9.47 Å². The number of ether oxygens (including phenoxy) is 2. The molecule has 7 nitrogen and oxygen atoms in total. The summed E-state index contributed by atoms with van der Waals surface area (Å²) in [7, 11) is -3.57. The molecule has 0 unspecified atom stereocenters. The molecule has 3 rings (SSSR count). The number of hydrogen-bond donors (Lipinski definition) is 0. The molecule has 2 amide bonds. The number of benzene rings is 1. The Kier molecular flexibility index (Phi) is 7.63. The van der Waals surface area contributed by atoms with Crippen LogP contribution in [0.15, 0.2) is 30.3 Å². The van der Waals surface area contributed by atoms with Gasteiger partial charge in [-0.1, -0.05) is 69.6 Å². The summed E-state index contributed by atoms with van der Waals surface area (Å²) < 4.78 is 11.0. The summed E-state index contributed by atoms with van der Waals surface area (Å²) in [6, 6.07) is 8.52. The van der Waals surface area contributed by atoms with Crippen molar-refractivity contribution in [2.45, 2.75) is 102 Å². The van der Waals surface area contributed by atoms with Gasteiger partial charge < -0.3 is 14.4 Å². The molecule has 35 heavy (non-hydrogen) atoms. The molecule has 1 aromatic rings. The second kappa shape index (κ2) is 9.73. The van der Waals surface area contributed by atoms with E-state index in [0.717, 1.165) is 5.56 Å². The van der Waals surface area contributed by atoms with Gasteiger partial charge in [-0.2, -0.15) is 0 Å². The Morgan fingerprint density at radius 3 is 2.14 bits per heavy atom. The smallest absolute Gasteiger partial charge is 0.411 e. The van der Waals surface area contributed by atoms with E-state index in [1.807, 2.05) is 56.0 Å². The highest BCUT2D eigenvalue weighted by Crippen LogP contribution is 2.42. The summed E-state index contributed by atoms with van der Waals surface area (Å²) in [6.45, 7) is 19.6. The van der Waals surface area contributed by atoms with Gasteiger partial charge in [-0.25, -0.2) is 4.79 Å². The van der Waals surface area contributed by atoms with E-state index in [9.17, 15) is 14.4 Å². The zero-order valence-corrected chi connectivity index (χ0v) is 24.8. The summed E-state index contributed by atoms with van der Waals surface area (Å²) in [5.41, 5.74) is 0.379. The van der Waals surface area contributed by atoms with E-state index >= 15 is 0 Å². The number of likely N-dealkylation sites (tertiary alicyclic amines) is 1. The fourth-order valence-corrected chi connectivity index (χ4v) is 18.6. The number of carbonyl (C=O) groups is 3. The van der Waals surface area contributed by atoms with Crippen LogP contribution in [0.25, 0.3) is 0 Å². The maximum absolute atomic E-state index is 13.9. The van der Waals surface area contributed by atoms with Gasteiger partial charge in [-0.05, 0) is 32.8 Å². The molecule has 0 spiro atoms. The molecule has 2 heterocycles. The lowest BCUT2D eigenvalue weighted by atomic mass is 9.88. The third-order valence-corrected chi connectivity index (χ3v) is 15.6. The van der Waals surface area contributed by atoms with Crippen LogP contribution in [0.1, 0.15) is 45.2 Å². The van der Waals surface area contributed by atoms with Crippen LogP contribution in [-0.4, -0.2) is 73.5 Å². The van der Waals surface area contributed by atoms with Gasteiger partial charge >= 0.3 is 12.1 Å². The van der Waals surface area contributed by atoms with E-state index in [1.165, 1.54) is 0 Å². The molecule has 194 valence electrons. The molecule has 1 aromatic carbocycles. The van der Waals surface area contributed by atoms with Gasteiger partial charge in [0, 0.05) is 11.7 Å². The molecule has 2 aliphatic rings. The van der Waals surface area contributed by atoms with Gasteiger partial charge in [0.2, 0.25) is 5.91 Å². The molecule has 9 heteroatoms. The highest BCUT2D eigenvalue weighted by atomic mass is 28.4. The van der Waals surface area contributed by atoms with Crippen LogP contribution in [0.4, 0.5) is 4.79 Å². The molecule has 3 atom stereocenters. The third kappa shape index (κ3) is 5.99. The second-order valence-corrected chi connectivity index (χ2v) is 24.1. The normalized spacial score (nSPS) is 23.4. The molecule has 2 fully saturated rings. The highest BCUT2D eigenvalue weighted by Gasteiger charge is 2.60. The minimum atomic E-state index is -1.78. The van der Waals surface area contributed by atoms with E-state index in [0.29, 0.717) is 6.42 Å². The molecule has 0 N–H and O–H groups in total. The van der Waals surface area contributed by atoms with Crippen LogP contribution in [0, 0.1) is 0 Å². The number of nitrogens with zero attached hydrogens (tertiary/aromatic N) is 2. The number of esters is 1. The lowest BCUT2D eigenvalue weighted by molar-refractivity contribution is -0.163. The first-order valence-electron chi connectivity index (χ1n) is 12.6. The number of carbonyl (C=O) groups excluding carboxylic acids is 3. The summed E-state index contributed by atoms with van der Waals surface area (Å²) >= 11 is 0. The minimum Gasteiger partial charge on any atom is -0.460 e. The quantitative estimate of drug-likeness (QED) is 0.275. The molecular weight excluding hydrogens is 476 g/mol. The van der Waals surface area contributed by atoms with Gasteiger partial charge in [0.1, 0.15) is 18.2 Å². The number of hydrogen-bond acceptors (Lipinski definition) is 5. The maximum Gasteiger partial charge on any atom is 0.411 e. The average Bonchev–Trinajstić information content (AvgIpc) is 3.07. The van der Waals surface area contributed by atoms with E-state index in [-0.39, 0.29) is 42.3 Å². The van der Waals surface area contributed by atoms with Crippen LogP contribution < -0.4 is 0 Å². The number of amides is 2. The monoisotopic (exact) mass is 518 g/mol. The number of rotatable bonds is 8. The van der Waals surface area contributed by atoms with Gasteiger partial charge in [0.15, 0.2) is 0 Å². The minimum absolute atomic E-state index is 0.0196. The van der Waals surface area contributed by atoms with Crippen molar-refractivity contribution in [3.8, 4) is 0 Å². The van der Waals surface area contributed by atoms with Crippen LogP contribution in [0.5, 0.6) is 0 Å². The first-order chi connectivity index (χ1) is 16.0. The molecule has 0 saturated carbocycles. The highest BCUT2D eigenvalue weighted by molar-refractivity contribution is 6.96. The van der Waals surface area contributed by atoms with Crippen molar-refractivity contribution in [2.75, 3.05) is 6.61 Å². The zero-order valence-electron chi connectivity index (χ0n) is 22.8. The summed E-state index contributed by atoms with van der Waals surface area (Å²) in [5.74, 6) is -0.300. The van der Waals surface area contributed by atoms with E-state index in [1.54, 1.807) is 4.90 Å². The Hall–Kier alpha value is -2.14. The van der Waals surface area contributed by atoms with Crippen molar-refractivity contribution in [1.82, 2.24) is 9.80 Å². The molecule has 0 aliphatic carbocycles. The van der Waals surface area contributed by atoms with Crippen LogP contribution in [0.2, 0.25) is 39.3 Å². The number of β-lactam (4-membered cyclic amide) rings is 1.